The summed E-state index contributed by atoms with van der Waals surface area (Å²) in [6.45, 7) is 0. The average molecular weight is 500 g/mol. The first-order valence-electron chi connectivity index (χ1n) is 7.54. The van der Waals surface area contributed by atoms with Crippen molar-refractivity contribution in [2.45, 2.75) is 14.9 Å². The number of carbonyl (C=O) groups excluding carboxylic acids is 1. The van der Waals surface area contributed by atoms with Crippen molar-refractivity contribution in [3.8, 4) is 0 Å². The molecule has 2 aromatic rings. The van der Waals surface area contributed by atoms with Gasteiger partial charge in [-0.05, 0) is 48.6 Å². The zero-order valence-corrected chi connectivity index (χ0v) is 18.6. The number of nitrogens with two attached hydrogens (primary N) is 1. The third-order valence-corrected chi connectivity index (χ3v) is 5.28. The van der Waals surface area contributed by atoms with Crippen LogP contribution in [0.25, 0.3) is 0 Å². The van der Waals surface area contributed by atoms with E-state index in [0.29, 0.717) is 10.6 Å². The monoisotopic (exact) mass is 498 g/mol. The van der Waals surface area contributed by atoms with Gasteiger partial charge in [0.15, 0.2) is 5.11 Å². The Kier molecular flexibility index (Phi) is 8.32. The predicted octanol–water partition coefficient (Wildman–Crippen LogP) is 3.73. The Hall–Kier alpha value is -1.13. The van der Waals surface area contributed by atoms with E-state index in [-0.39, 0.29) is 15.7 Å². The first-order chi connectivity index (χ1) is 13.1. The SMILES string of the molecule is NS(=O)c1ccc(NC(=S)NC(NC(=O)c2ccccc2Cl)C(Cl)(Cl)Cl)cc1. The number of hydrogen-bond donors (Lipinski definition) is 4. The Bertz CT molecular complexity index is 891. The summed E-state index contributed by atoms with van der Waals surface area (Å²) in [6.07, 6.45) is -1.16. The van der Waals surface area contributed by atoms with E-state index in [9.17, 15) is 9.00 Å². The lowest BCUT2D eigenvalue weighted by Crippen LogP contribution is -2.56. The van der Waals surface area contributed by atoms with Crippen LogP contribution in [0.5, 0.6) is 0 Å². The second-order valence-corrected chi connectivity index (χ2v) is 9.60. The molecule has 1 amide bonds. The van der Waals surface area contributed by atoms with Crippen LogP contribution in [0.1, 0.15) is 10.4 Å². The Balaban J connectivity index is 2.07. The number of thiocarbonyl (C=S) groups is 1. The normalized spacial score (nSPS) is 13.3. The van der Waals surface area contributed by atoms with Crippen molar-refractivity contribution in [2.24, 2.45) is 5.14 Å². The summed E-state index contributed by atoms with van der Waals surface area (Å²) < 4.78 is 9.30. The fourth-order valence-corrected chi connectivity index (χ4v) is 3.21. The van der Waals surface area contributed by atoms with E-state index in [1.54, 1.807) is 42.5 Å². The first kappa shape index (κ1) is 23.2. The molecule has 5 N–H and O–H groups in total. The number of alkyl halides is 3. The highest BCUT2D eigenvalue weighted by atomic mass is 35.6. The fourth-order valence-electron chi connectivity index (χ4n) is 2.02. The van der Waals surface area contributed by atoms with Gasteiger partial charge < -0.3 is 16.0 Å². The molecule has 0 fully saturated rings. The van der Waals surface area contributed by atoms with Crippen molar-refractivity contribution in [1.29, 1.82) is 0 Å². The van der Waals surface area contributed by atoms with Gasteiger partial charge in [0, 0.05) is 5.69 Å². The van der Waals surface area contributed by atoms with Crippen LogP contribution >= 0.6 is 58.6 Å². The summed E-state index contributed by atoms with van der Waals surface area (Å²) in [7, 11) is -1.58. The maximum absolute atomic E-state index is 12.4. The summed E-state index contributed by atoms with van der Waals surface area (Å²) in [6, 6.07) is 12.9. The number of carbonyl (C=O) groups is 1. The van der Waals surface area contributed by atoms with Crippen LogP contribution < -0.4 is 21.1 Å². The predicted molar refractivity (Wildman–Crippen MR) is 119 cm³/mol. The highest BCUT2D eigenvalue weighted by Gasteiger charge is 2.35. The van der Waals surface area contributed by atoms with E-state index in [2.05, 4.69) is 16.0 Å². The fraction of sp³-hybridized carbons (Fsp3) is 0.125. The van der Waals surface area contributed by atoms with Gasteiger partial charge in [-0.3, -0.25) is 4.79 Å². The molecule has 0 aliphatic heterocycles. The molecule has 0 aliphatic rings. The van der Waals surface area contributed by atoms with Gasteiger partial charge in [0.2, 0.25) is 3.79 Å². The molecule has 2 atom stereocenters. The van der Waals surface area contributed by atoms with Crippen LogP contribution in [0.2, 0.25) is 5.02 Å². The molecule has 0 saturated heterocycles. The van der Waals surface area contributed by atoms with Crippen LogP contribution in [-0.4, -0.2) is 25.2 Å². The van der Waals surface area contributed by atoms with Gasteiger partial charge in [-0.15, -0.1) is 0 Å². The highest BCUT2D eigenvalue weighted by Crippen LogP contribution is 2.29. The highest BCUT2D eigenvalue weighted by molar-refractivity contribution is 7.82. The summed E-state index contributed by atoms with van der Waals surface area (Å²) in [4.78, 5) is 12.9. The maximum atomic E-state index is 12.4. The van der Waals surface area contributed by atoms with Gasteiger partial charge in [0.25, 0.3) is 5.91 Å². The van der Waals surface area contributed by atoms with Gasteiger partial charge in [-0.25, -0.2) is 9.35 Å². The lowest BCUT2D eigenvalue weighted by molar-refractivity contribution is 0.0934. The number of benzene rings is 2. The summed E-state index contributed by atoms with van der Waals surface area (Å²) >= 11 is 29.1. The standard InChI is InChI=1S/C16H14Cl4N4O2S2/c17-12-4-2-1-3-11(12)13(25)23-14(16(18,19)20)24-15(27)22-9-5-7-10(8-6-9)28(21)26/h1-8,14H,21H2,(H,23,25)(H2,22,24,27). The van der Waals surface area contributed by atoms with Crippen LogP contribution in [0.15, 0.2) is 53.4 Å². The first-order valence-corrected chi connectivity index (χ1v) is 10.7. The minimum atomic E-state index is -1.91. The van der Waals surface area contributed by atoms with Gasteiger partial charge in [0.1, 0.15) is 17.2 Å². The number of rotatable bonds is 5. The molecule has 0 spiro atoms. The van der Waals surface area contributed by atoms with Crippen molar-refractivity contribution >= 4 is 86.3 Å². The molecule has 150 valence electrons. The molecule has 2 rings (SSSR count). The summed E-state index contributed by atoms with van der Waals surface area (Å²) in [5, 5.41) is 13.8. The maximum Gasteiger partial charge on any atom is 0.254 e. The van der Waals surface area contributed by atoms with E-state index in [0.717, 1.165) is 0 Å². The van der Waals surface area contributed by atoms with E-state index in [4.69, 9.17) is 63.8 Å². The molecule has 0 radical (unpaired) electrons. The van der Waals surface area contributed by atoms with E-state index >= 15 is 0 Å². The second-order valence-electron chi connectivity index (χ2n) is 5.35. The van der Waals surface area contributed by atoms with Crippen molar-refractivity contribution in [2.75, 3.05) is 5.32 Å². The van der Waals surface area contributed by atoms with Crippen molar-refractivity contribution in [3.63, 3.8) is 0 Å². The molecule has 2 aromatic carbocycles. The van der Waals surface area contributed by atoms with Crippen molar-refractivity contribution < 1.29 is 9.00 Å². The van der Waals surface area contributed by atoms with Crippen LogP contribution in [0.4, 0.5) is 5.69 Å². The Labute approximate surface area is 189 Å². The van der Waals surface area contributed by atoms with E-state index in [1.165, 1.54) is 6.07 Å². The average Bonchev–Trinajstić information content (AvgIpc) is 2.61. The zero-order chi connectivity index (χ0) is 20.9. The van der Waals surface area contributed by atoms with Crippen molar-refractivity contribution in [3.05, 3.63) is 59.1 Å². The Morgan fingerprint density at radius 1 is 1.07 bits per heavy atom. The third-order valence-electron chi connectivity index (χ3n) is 3.34. The number of hydrogen-bond acceptors (Lipinski definition) is 3. The molecule has 28 heavy (non-hydrogen) atoms. The van der Waals surface area contributed by atoms with Gasteiger partial charge in [0.05, 0.1) is 15.5 Å². The minimum absolute atomic E-state index is 0.0809. The Morgan fingerprint density at radius 2 is 1.68 bits per heavy atom. The molecule has 6 nitrogen and oxygen atoms in total. The minimum Gasteiger partial charge on any atom is -0.339 e. The lowest BCUT2D eigenvalue weighted by atomic mass is 10.2. The molecule has 2 unspecified atom stereocenters. The van der Waals surface area contributed by atoms with Crippen LogP contribution in [0.3, 0.4) is 0 Å². The third kappa shape index (κ3) is 6.73. The Morgan fingerprint density at radius 3 is 2.21 bits per heavy atom. The molecule has 0 saturated carbocycles. The molecular weight excluding hydrogens is 486 g/mol. The number of halogens is 4. The summed E-state index contributed by atoms with van der Waals surface area (Å²) in [5.74, 6) is -0.549. The van der Waals surface area contributed by atoms with Crippen LogP contribution in [0, 0.1) is 0 Å². The quantitative estimate of drug-likeness (QED) is 0.285. The lowest BCUT2D eigenvalue weighted by Gasteiger charge is -2.28. The molecule has 12 heteroatoms. The number of amides is 1. The molecule has 0 aromatic heterocycles. The zero-order valence-electron chi connectivity index (χ0n) is 13.9. The largest absolute Gasteiger partial charge is 0.339 e. The topological polar surface area (TPSA) is 96.2 Å². The number of nitrogens with one attached hydrogen (secondary N) is 3. The summed E-state index contributed by atoms with van der Waals surface area (Å²) in [5.41, 5.74) is 0.793. The molecule has 0 heterocycles. The molecular formula is C16H14Cl4N4O2S2. The van der Waals surface area contributed by atoms with Gasteiger partial charge in [-0.1, -0.05) is 58.5 Å². The van der Waals surface area contributed by atoms with E-state index in [1.807, 2.05) is 0 Å². The smallest absolute Gasteiger partial charge is 0.254 e. The van der Waals surface area contributed by atoms with Gasteiger partial charge in [-0.2, -0.15) is 0 Å². The number of anilines is 1. The second kappa shape index (κ2) is 10.1. The van der Waals surface area contributed by atoms with Crippen LogP contribution in [-0.2, 0) is 11.0 Å². The molecule has 0 aliphatic carbocycles. The van der Waals surface area contributed by atoms with Gasteiger partial charge >= 0.3 is 0 Å². The molecule has 0 bridgehead atoms. The van der Waals surface area contributed by atoms with E-state index < -0.39 is 26.9 Å². The van der Waals surface area contributed by atoms with Crippen molar-refractivity contribution in [1.82, 2.24) is 10.6 Å².